The van der Waals surface area contributed by atoms with Crippen LogP contribution in [0, 0.1) is 0 Å². The molecular weight excluding hydrogens is 294 g/mol. The van der Waals surface area contributed by atoms with Gasteiger partial charge in [-0.3, -0.25) is 4.79 Å². The van der Waals surface area contributed by atoms with Gasteiger partial charge in [-0.15, -0.1) is 0 Å². The first-order valence-corrected chi connectivity index (χ1v) is 7.51. The molecule has 124 valence electrons. The van der Waals surface area contributed by atoms with Crippen LogP contribution in [0.1, 0.15) is 20.8 Å². The SMILES string of the molecule is CN(CCn1ccc2c(N)cccc2c1=O)C(=O)OC(C)(C)C. The van der Waals surface area contributed by atoms with Gasteiger partial charge < -0.3 is 19.9 Å². The number of nitrogens with two attached hydrogens (primary N) is 1. The maximum atomic E-state index is 12.5. The molecular formula is C17H23N3O3. The summed E-state index contributed by atoms with van der Waals surface area (Å²) >= 11 is 0. The van der Waals surface area contributed by atoms with Crippen molar-refractivity contribution in [2.75, 3.05) is 19.3 Å². The van der Waals surface area contributed by atoms with E-state index in [4.69, 9.17) is 10.5 Å². The first-order chi connectivity index (χ1) is 10.7. The van der Waals surface area contributed by atoms with Crippen LogP contribution in [0.2, 0.25) is 0 Å². The summed E-state index contributed by atoms with van der Waals surface area (Å²) in [5, 5.41) is 1.32. The van der Waals surface area contributed by atoms with Gasteiger partial charge in [0.15, 0.2) is 0 Å². The molecule has 6 nitrogen and oxygen atoms in total. The normalized spacial score (nSPS) is 11.5. The number of hydrogen-bond donors (Lipinski definition) is 1. The van der Waals surface area contributed by atoms with Crippen LogP contribution < -0.4 is 11.3 Å². The molecule has 0 unspecified atom stereocenters. The lowest BCUT2D eigenvalue weighted by Crippen LogP contribution is -2.37. The number of benzene rings is 1. The van der Waals surface area contributed by atoms with Gasteiger partial charge in [0, 0.05) is 42.8 Å². The fourth-order valence-electron chi connectivity index (χ4n) is 2.21. The van der Waals surface area contributed by atoms with Crippen molar-refractivity contribution in [2.24, 2.45) is 0 Å². The molecule has 2 rings (SSSR count). The van der Waals surface area contributed by atoms with Crippen LogP contribution in [0.5, 0.6) is 0 Å². The molecule has 6 heteroatoms. The van der Waals surface area contributed by atoms with E-state index in [0.29, 0.717) is 24.2 Å². The number of aromatic nitrogens is 1. The molecule has 1 amide bonds. The topological polar surface area (TPSA) is 77.6 Å². The minimum absolute atomic E-state index is 0.118. The zero-order valence-corrected chi connectivity index (χ0v) is 14.0. The zero-order chi connectivity index (χ0) is 17.2. The molecule has 0 radical (unpaired) electrons. The van der Waals surface area contributed by atoms with Crippen LogP contribution in [-0.4, -0.2) is 34.8 Å². The molecule has 1 aromatic carbocycles. The van der Waals surface area contributed by atoms with Crippen LogP contribution in [0.15, 0.2) is 35.3 Å². The molecule has 1 heterocycles. The molecule has 0 atom stereocenters. The smallest absolute Gasteiger partial charge is 0.410 e. The quantitative estimate of drug-likeness (QED) is 0.882. The molecule has 2 aromatic rings. The van der Waals surface area contributed by atoms with Crippen molar-refractivity contribution in [3.63, 3.8) is 0 Å². The van der Waals surface area contributed by atoms with E-state index in [9.17, 15) is 9.59 Å². The number of carbonyl (C=O) groups is 1. The van der Waals surface area contributed by atoms with Gasteiger partial charge in [-0.1, -0.05) is 6.07 Å². The Bertz CT molecular complexity index is 775. The standard InChI is InChI=1S/C17H23N3O3/c1-17(2,3)23-16(22)19(4)10-11-20-9-8-12-13(15(20)21)6-5-7-14(12)18/h5-9H,10-11,18H2,1-4H3. The molecule has 0 aliphatic heterocycles. The second-order valence-electron chi connectivity index (χ2n) is 6.52. The third-order valence-electron chi connectivity index (χ3n) is 3.43. The maximum absolute atomic E-state index is 12.5. The van der Waals surface area contributed by atoms with E-state index in [2.05, 4.69) is 0 Å². The lowest BCUT2D eigenvalue weighted by molar-refractivity contribution is 0.0293. The van der Waals surface area contributed by atoms with E-state index in [1.807, 2.05) is 26.8 Å². The van der Waals surface area contributed by atoms with Gasteiger partial charge in [0.25, 0.3) is 5.56 Å². The van der Waals surface area contributed by atoms with Gasteiger partial charge in [0.05, 0.1) is 0 Å². The van der Waals surface area contributed by atoms with Crippen molar-refractivity contribution >= 4 is 22.6 Å². The number of anilines is 1. The predicted molar refractivity (Wildman–Crippen MR) is 91.5 cm³/mol. The first kappa shape index (κ1) is 16.9. The molecule has 0 aliphatic rings. The van der Waals surface area contributed by atoms with E-state index in [0.717, 1.165) is 5.39 Å². The first-order valence-electron chi connectivity index (χ1n) is 7.51. The van der Waals surface area contributed by atoms with Gasteiger partial charge in [-0.2, -0.15) is 0 Å². The lowest BCUT2D eigenvalue weighted by Gasteiger charge is -2.24. The Morgan fingerprint density at radius 2 is 1.96 bits per heavy atom. The number of amides is 1. The van der Waals surface area contributed by atoms with Crippen LogP contribution in [-0.2, 0) is 11.3 Å². The number of rotatable bonds is 3. The van der Waals surface area contributed by atoms with Crippen LogP contribution in [0.3, 0.4) is 0 Å². The maximum Gasteiger partial charge on any atom is 0.410 e. The van der Waals surface area contributed by atoms with E-state index < -0.39 is 11.7 Å². The Morgan fingerprint density at radius 3 is 2.61 bits per heavy atom. The van der Waals surface area contributed by atoms with Crippen LogP contribution in [0.25, 0.3) is 10.8 Å². The number of fused-ring (bicyclic) bond motifs is 1. The number of likely N-dealkylation sites (N-methyl/N-ethyl adjacent to an activating group) is 1. The molecule has 2 N–H and O–H groups in total. The van der Waals surface area contributed by atoms with Crippen molar-refractivity contribution < 1.29 is 9.53 Å². The number of ether oxygens (including phenoxy) is 1. The van der Waals surface area contributed by atoms with Gasteiger partial charge in [-0.25, -0.2) is 4.79 Å². The third kappa shape index (κ3) is 4.03. The number of pyridine rings is 1. The minimum atomic E-state index is -0.539. The van der Waals surface area contributed by atoms with E-state index in [1.165, 1.54) is 4.90 Å². The van der Waals surface area contributed by atoms with Gasteiger partial charge >= 0.3 is 6.09 Å². The molecule has 0 aliphatic carbocycles. The molecule has 0 spiro atoms. The summed E-state index contributed by atoms with van der Waals surface area (Å²) in [5.41, 5.74) is 5.80. The van der Waals surface area contributed by atoms with E-state index in [1.54, 1.807) is 36.0 Å². The number of hydrogen-bond acceptors (Lipinski definition) is 4. The fourth-order valence-corrected chi connectivity index (χ4v) is 2.21. The summed E-state index contributed by atoms with van der Waals surface area (Å²) in [6.45, 7) is 6.22. The predicted octanol–water partition coefficient (Wildman–Crippen LogP) is 2.45. The van der Waals surface area contributed by atoms with Crippen molar-refractivity contribution in [2.45, 2.75) is 32.9 Å². The summed E-state index contributed by atoms with van der Waals surface area (Å²) in [6, 6.07) is 7.10. The number of carbonyl (C=O) groups excluding carboxylic acids is 1. The highest BCUT2D eigenvalue weighted by molar-refractivity contribution is 5.91. The van der Waals surface area contributed by atoms with Crippen LogP contribution in [0.4, 0.5) is 10.5 Å². The average molecular weight is 317 g/mol. The molecule has 0 saturated heterocycles. The Kier molecular flexibility index (Phi) is 4.63. The summed E-state index contributed by atoms with van der Waals surface area (Å²) in [4.78, 5) is 25.8. The Balaban J connectivity index is 2.12. The zero-order valence-electron chi connectivity index (χ0n) is 14.0. The highest BCUT2D eigenvalue weighted by Crippen LogP contribution is 2.17. The van der Waals surface area contributed by atoms with Gasteiger partial charge in [-0.05, 0) is 39.0 Å². The molecule has 0 bridgehead atoms. The average Bonchev–Trinajstić information content (AvgIpc) is 2.45. The second-order valence-corrected chi connectivity index (χ2v) is 6.52. The number of nitrogen functional groups attached to an aromatic ring is 1. The second kappa shape index (κ2) is 6.32. The summed E-state index contributed by atoms with van der Waals surface area (Å²) in [5.74, 6) is 0. The fraction of sp³-hybridized carbons (Fsp3) is 0.412. The Labute approximate surface area is 135 Å². The minimum Gasteiger partial charge on any atom is -0.444 e. The summed E-state index contributed by atoms with van der Waals surface area (Å²) in [6.07, 6.45) is 1.29. The Hall–Kier alpha value is -2.50. The van der Waals surface area contributed by atoms with Gasteiger partial charge in [0.2, 0.25) is 0 Å². The molecule has 0 saturated carbocycles. The molecule has 23 heavy (non-hydrogen) atoms. The number of nitrogens with zero attached hydrogens (tertiary/aromatic N) is 2. The monoisotopic (exact) mass is 317 g/mol. The van der Waals surface area contributed by atoms with Crippen molar-refractivity contribution in [1.29, 1.82) is 0 Å². The van der Waals surface area contributed by atoms with Crippen molar-refractivity contribution in [3.8, 4) is 0 Å². The highest BCUT2D eigenvalue weighted by Gasteiger charge is 2.19. The van der Waals surface area contributed by atoms with Gasteiger partial charge in [0.1, 0.15) is 5.60 Å². The van der Waals surface area contributed by atoms with E-state index >= 15 is 0 Å². The highest BCUT2D eigenvalue weighted by atomic mass is 16.6. The van der Waals surface area contributed by atoms with E-state index in [-0.39, 0.29) is 5.56 Å². The molecule has 0 fully saturated rings. The largest absolute Gasteiger partial charge is 0.444 e. The summed E-state index contributed by atoms with van der Waals surface area (Å²) < 4.78 is 6.86. The molecule has 1 aromatic heterocycles. The van der Waals surface area contributed by atoms with Crippen LogP contribution >= 0.6 is 0 Å². The third-order valence-corrected chi connectivity index (χ3v) is 3.43. The summed E-state index contributed by atoms with van der Waals surface area (Å²) in [7, 11) is 1.65. The van der Waals surface area contributed by atoms with Crippen molar-refractivity contribution in [1.82, 2.24) is 9.47 Å². The lowest BCUT2D eigenvalue weighted by atomic mass is 10.1. The van der Waals surface area contributed by atoms with Crippen molar-refractivity contribution in [3.05, 3.63) is 40.8 Å². The Morgan fingerprint density at radius 1 is 1.26 bits per heavy atom.